The van der Waals surface area contributed by atoms with Crippen LogP contribution in [0.1, 0.15) is 58.1 Å². The molecule has 1 heterocycles. The second-order valence-corrected chi connectivity index (χ2v) is 6.74. The summed E-state index contributed by atoms with van der Waals surface area (Å²) in [5.74, 6) is 0.448. The van der Waals surface area contributed by atoms with Gasteiger partial charge in [-0.2, -0.15) is 0 Å². The summed E-state index contributed by atoms with van der Waals surface area (Å²) in [6.07, 6.45) is 7.83. The predicted molar refractivity (Wildman–Crippen MR) is 76.5 cm³/mol. The van der Waals surface area contributed by atoms with E-state index in [-0.39, 0.29) is 23.3 Å². The fraction of sp³-hybridized carbons (Fsp3) is 0.625. The third kappa shape index (κ3) is 4.05. The number of hydrogen-bond donors (Lipinski definition) is 1. The summed E-state index contributed by atoms with van der Waals surface area (Å²) in [6, 6.07) is 4.05. The minimum Gasteiger partial charge on any atom is -0.349 e. The average Bonchev–Trinajstić information content (AvgIpc) is 2.25. The van der Waals surface area contributed by atoms with Crippen LogP contribution in [0, 0.1) is 11.3 Å². The molecule has 0 radical (unpaired) electrons. The van der Waals surface area contributed by atoms with Gasteiger partial charge in [0.05, 0.1) is 6.04 Å². The molecule has 3 heteroatoms. The van der Waals surface area contributed by atoms with E-state index in [1.807, 2.05) is 18.3 Å². The SMILES string of the molecule is CC(C)(C)C[C@@H](NC(=O)C1CCC1)c1cccnc1. The van der Waals surface area contributed by atoms with Crippen molar-refractivity contribution in [3.8, 4) is 0 Å². The van der Waals surface area contributed by atoms with Crippen LogP contribution in [0.15, 0.2) is 24.5 Å². The highest BCUT2D eigenvalue weighted by molar-refractivity contribution is 5.79. The van der Waals surface area contributed by atoms with E-state index in [0.29, 0.717) is 0 Å². The van der Waals surface area contributed by atoms with E-state index in [0.717, 1.165) is 24.8 Å². The zero-order chi connectivity index (χ0) is 13.9. The molecule has 0 spiro atoms. The normalized spacial score (nSPS) is 17.6. The lowest BCUT2D eigenvalue weighted by Crippen LogP contribution is -2.38. The highest BCUT2D eigenvalue weighted by atomic mass is 16.2. The molecule has 2 rings (SSSR count). The minimum absolute atomic E-state index is 0.0711. The first-order chi connectivity index (χ1) is 8.96. The largest absolute Gasteiger partial charge is 0.349 e. The number of aromatic nitrogens is 1. The molecule has 0 aliphatic heterocycles. The molecule has 0 saturated heterocycles. The summed E-state index contributed by atoms with van der Waals surface area (Å²) in [5, 5.41) is 3.21. The molecule has 104 valence electrons. The molecule has 0 unspecified atom stereocenters. The quantitative estimate of drug-likeness (QED) is 0.900. The van der Waals surface area contributed by atoms with Crippen molar-refractivity contribution >= 4 is 5.91 Å². The van der Waals surface area contributed by atoms with Gasteiger partial charge in [0.2, 0.25) is 5.91 Å². The summed E-state index contributed by atoms with van der Waals surface area (Å²) in [5.41, 5.74) is 1.28. The maximum absolute atomic E-state index is 12.2. The molecule has 1 N–H and O–H groups in total. The summed E-state index contributed by atoms with van der Waals surface area (Å²) in [4.78, 5) is 16.3. The zero-order valence-electron chi connectivity index (χ0n) is 12.1. The van der Waals surface area contributed by atoms with Crippen LogP contribution in [0.2, 0.25) is 0 Å². The Hall–Kier alpha value is -1.38. The Kier molecular flexibility index (Phi) is 4.23. The highest BCUT2D eigenvalue weighted by Crippen LogP contribution is 2.31. The maximum Gasteiger partial charge on any atom is 0.223 e. The zero-order valence-corrected chi connectivity index (χ0v) is 12.1. The molecule has 0 aromatic carbocycles. The van der Waals surface area contributed by atoms with Gasteiger partial charge >= 0.3 is 0 Å². The highest BCUT2D eigenvalue weighted by Gasteiger charge is 2.29. The van der Waals surface area contributed by atoms with Crippen molar-refractivity contribution < 1.29 is 4.79 Å². The minimum atomic E-state index is 0.0711. The second kappa shape index (κ2) is 5.72. The van der Waals surface area contributed by atoms with Gasteiger partial charge in [0, 0.05) is 18.3 Å². The van der Waals surface area contributed by atoms with Gasteiger partial charge in [0.25, 0.3) is 0 Å². The first kappa shape index (κ1) is 14.0. The summed E-state index contributed by atoms with van der Waals surface area (Å²) in [6.45, 7) is 6.60. The number of carbonyl (C=O) groups excluding carboxylic acids is 1. The van der Waals surface area contributed by atoms with Gasteiger partial charge in [-0.25, -0.2) is 0 Å². The number of nitrogens with zero attached hydrogens (tertiary/aromatic N) is 1. The molecule has 1 amide bonds. The van der Waals surface area contributed by atoms with E-state index in [4.69, 9.17) is 0 Å². The monoisotopic (exact) mass is 260 g/mol. The van der Waals surface area contributed by atoms with Crippen molar-refractivity contribution in [2.75, 3.05) is 0 Å². The maximum atomic E-state index is 12.2. The summed E-state index contributed by atoms with van der Waals surface area (Å²) < 4.78 is 0. The molecular weight excluding hydrogens is 236 g/mol. The fourth-order valence-electron chi connectivity index (χ4n) is 2.41. The van der Waals surface area contributed by atoms with Crippen molar-refractivity contribution in [3.63, 3.8) is 0 Å². The van der Waals surface area contributed by atoms with E-state index < -0.39 is 0 Å². The van der Waals surface area contributed by atoms with E-state index in [2.05, 4.69) is 31.1 Å². The van der Waals surface area contributed by atoms with Crippen LogP contribution in [-0.2, 0) is 4.79 Å². The van der Waals surface area contributed by atoms with Crippen LogP contribution in [0.4, 0.5) is 0 Å². The Balaban J connectivity index is 2.07. The molecule has 1 saturated carbocycles. The van der Waals surface area contributed by atoms with Gasteiger partial charge in [-0.3, -0.25) is 9.78 Å². The van der Waals surface area contributed by atoms with Gasteiger partial charge < -0.3 is 5.32 Å². The Bertz CT molecular complexity index is 418. The van der Waals surface area contributed by atoms with E-state index in [9.17, 15) is 4.79 Å². The molecule has 1 aromatic heterocycles. The molecule has 19 heavy (non-hydrogen) atoms. The van der Waals surface area contributed by atoms with Gasteiger partial charge in [0.1, 0.15) is 0 Å². The van der Waals surface area contributed by atoms with E-state index in [1.54, 1.807) is 6.20 Å². The number of amides is 1. The average molecular weight is 260 g/mol. The van der Waals surface area contributed by atoms with Crippen LogP contribution in [0.3, 0.4) is 0 Å². The Morgan fingerprint density at radius 3 is 2.68 bits per heavy atom. The van der Waals surface area contributed by atoms with Gasteiger partial charge in [-0.1, -0.05) is 33.3 Å². The molecule has 1 aliphatic carbocycles. The molecule has 1 fully saturated rings. The molecular formula is C16H24N2O. The second-order valence-electron chi connectivity index (χ2n) is 6.74. The lowest BCUT2D eigenvalue weighted by Gasteiger charge is -2.31. The van der Waals surface area contributed by atoms with Crippen LogP contribution < -0.4 is 5.32 Å². The summed E-state index contributed by atoms with van der Waals surface area (Å²) >= 11 is 0. The topological polar surface area (TPSA) is 42.0 Å². The van der Waals surface area contributed by atoms with Crippen molar-refractivity contribution in [2.45, 2.75) is 52.5 Å². The lowest BCUT2D eigenvalue weighted by molar-refractivity contribution is -0.128. The Morgan fingerprint density at radius 1 is 1.47 bits per heavy atom. The summed E-state index contributed by atoms with van der Waals surface area (Å²) in [7, 11) is 0. The molecule has 1 aliphatic rings. The Morgan fingerprint density at radius 2 is 2.21 bits per heavy atom. The first-order valence-corrected chi connectivity index (χ1v) is 7.16. The fourth-order valence-corrected chi connectivity index (χ4v) is 2.41. The van der Waals surface area contributed by atoms with Gasteiger partial charge in [-0.15, -0.1) is 0 Å². The smallest absolute Gasteiger partial charge is 0.223 e. The van der Waals surface area contributed by atoms with E-state index >= 15 is 0 Å². The number of nitrogens with one attached hydrogen (secondary N) is 1. The molecule has 1 atom stereocenters. The molecule has 3 nitrogen and oxygen atoms in total. The van der Waals surface area contributed by atoms with Crippen LogP contribution in [0.5, 0.6) is 0 Å². The standard InChI is InChI=1S/C16H24N2O/c1-16(2,3)10-14(13-8-5-9-17-11-13)18-15(19)12-6-4-7-12/h5,8-9,11-12,14H,4,6-7,10H2,1-3H3,(H,18,19)/t14-/m1/s1. The molecule has 1 aromatic rings. The van der Waals surface area contributed by atoms with Crippen molar-refractivity contribution in [2.24, 2.45) is 11.3 Å². The first-order valence-electron chi connectivity index (χ1n) is 7.16. The van der Waals surface area contributed by atoms with Crippen LogP contribution in [-0.4, -0.2) is 10.9 Å². The number of rotatable bonds is 4. The molecule has 0 bridgehead atoms. The van der Waals surface area contributed by atoms with Crippen LogP contribution in [0.25, 0.3) is 0 Å². The number of hydrogen-bond acceptors (Lipinski definition) is 2. The predicted octanol–water partition coefficient (Wildman–Crippen LogP) is 3.48. The van der Waals surface area contributed by atoms with Crippen molar-refractivity contribution in [3.05, 3.63) is 30.1 Å². The van der Waals surface area contributed by atoms with Crippen LogP contribution >= 0.6 is 0 Å². The van der Waals surface area contributed by atoms with Gasteiger partial charge in [0.15, 0.2) is 0 Å². The lowest BCUT2D eigenvalue weighted by atomic mass is 9.82. The third-order valence-electron chi connectivity index (χ3n) is 3.70. The van der Waals surface area contributed by atoms with Gasteiger partial charge in [-0.05, 0) is 36.3 Å². The Labute approximate surface area is 115 Å². The van der Waals surface area contributed by atoms with Crippen molar-refractivity contribution in [1.82, 2.24) is 10.3 Å². The van der Waals surface area contributed by atoms with Crippen molar-refractivity contribution in [1.29, 1.82) is 0 Å². The third-order valence-corrected chi connectivity index (χ3v) is 3.70. The number of pyridine rings is 1. The number of carbonyl (C=O) groups is 1. The van der Waals surface area contributed by atoms with E-state index in [1.165, 1.54) is 6.42 Å².